The second kappa shape index (κ2) is 6.52. The number of halogens is 1. The molecule has 0 radical (unpaired) electrons. The molecule has 0 aromatic heterocycles. The van der Waals surface area contributed by atoms with Crippen LogP contribution in [0.15, 0.2) is 23.2 Å². The number of nitrogens with two attached hydrogens (primary N) is 1. The summed E-state index contributed by atoms with van der Waals surface area (Å²) in [6.45, 7) is 3.98. The van der Waals surface area contributed by atoms with Crippen molar-refractivity contribution in [3.63, 3.8) is 0 Å². The number of carbonyl (C=O) groups is 1. The van der Waals surface area contributed by atoms with Gasteiger partial charge in [-0.3, -0.25) is 9.69 Å². The van der Waals surface area contributed by atoms with E-state index in [1.54, 1.807) is 24.0 Å². The van der Waals surface area contributed by atoms with Gasteiger partial charge in [-0.05, 0) is 80.5 Å². The molecule has 5 rings (SSSR count). The predicted octanol–water partition coefficient (Wildman–Crippen LogP) is 2.77. The van der Waals surface area contributed by atoms with Crippen LogP contribution in [0.2, 0.25) is 0 Å². The molecule has 1 aromatic carbocycles. The number of aliphatic hydroxyl groups excluding tert-OH is 1. The Morgan fingerprint density at radius 2 is 2.13 bits per heavy atom. The number of carbonyl (C=O) groups excluding carboxylic acids is 1. The number of fused-ring (bicyclic) bond motifs is 3. The van der Waals surface area contributed by atoms with E-state index in [1.807, 2.05) is 13.0 Å². The number of amides is 1. The summed E-state index contributed by atoms with van der Waals surface area (Å²) in [5, 5.41) is 19.9. The van der Waals surface area contributed by atoms with Gasteiger partial charge in [0.15, 0.2) is 11.5 Å². The lowest BCUT2D eigenvalue weighted by atomic mass is 9.59. The van der Waals surface area contributed by atoms with Gasteiger partial charge in [0.1, 0.15) is 5.67 Å². The summed E-state index contributed by atoms with van der Waals surface area (Å²) >= 11 is 0. The van der Waals surface area contributed by atoms with E-state index >= 15 is 0 Å². The summed E-state index contributed by atoms with van der Waals surface area (Å²) in [4.78, 5) is 20.5. The predicted molar refractivity (Wildman–Crippen MR) is 114 cm³/mol. The third-order valence-electron chi connectivity index (χ3n) is 8.20. The summed E-state index contributed by atoms with van der Waals surface area (Å²) in [6.07, 6.45) is 3.04. The Hall–Kier alpha value is -2.46. The Balaban J connectivity index is 1.59. The van der Waals surface area contributed by atoms with Crippen LogP contribution in [0.1, 0.15) is 62.6 Å². The molecule has 1 aromatic rings. The second-order valence-corrected chi connectivity index (χ2v) is 10.5. The molecule has 0 unspecified atom stereocenters. The minimum atomic E-state index is -1.17. The Morgan fingerprint density at radius 3 is 2.77 bits per heavy atom. The van der Waals surface area contributed by atoms with Crippen molar-refractivity contribution >= 4 is 11.9 Å². The maximum Gasteiger partial charge on any atom is 0.262 e. The SMILES string of the molecule is C[C@H]1C[C@@]2(CC[C@@H]1O)Cc1ccc(C#N)cc1[C@]21N=C(N)N(CC2CC(C)(F)C2)C1=O. The molecule has 0 saturated heterocycles. The number of rotatable bonds is 2. The van der Waals surface area contributed by atoms with Crippen molar-refractivity contribution in [3.8, 4) is 6.07 Å². The maximum absolute atomic E-state index is 14.1. The van der Waals surface area contributed by atoms with Gasteiger partial charge in [0.2, 0.25) is 0 Å². The molecule has 3 aliphatic carbocycles. The number of hydrogen-bond acceptors (Lipinski definition) is 5. The van der Waals surface area contributed by atoms with Gasteiger partial charge in [-0.25, -0.2) is 9.38 Å². The van der Waals surface area contributed by atoms with E-state index in [0.29, 0.717) is 50.6 Å². The molecule has 31 heavy (non-hydrogen) atoms. The fourth-order valence-electron chi connectivity index (χ4n) is 6.78. The molecule has 2 saturated carbocycles. The van der Waals surface area contributed by atoms with Crippen LogP contribution in [-0.4, -0.2) is 40.2 Å². The molecule has 2 fully saturated rings. The lowest BCUT2D eigenvalue weighted by Crippen LogP contribution is -2.55. The number of benzene rings is 1. The lowest BCUT2D eigenvalue weighted by molar-refractivity contribution is -0.140. The first-order valence-corrected chi connectivity index (χ1v) is 11.2. The highest BCUT2D eigenvalue weighted by molar-refractivity contribution is 6.08. The molecule has 1 heterocycles. The topological polar surface area (TPSA) is 103 Å². The summed E-state index contributed by atoms with van der Waals surface area (Å²) < 4.78 is 14.0. The van der Waals surface area contributed by atoms with Crippen molar-refractivity contribution in [2.45, 2.75) is 69.7 Å². The van der Waals surface area contributed by atoms with Crippen LogP contribution in [0.25, 0.3) is 0 Å². The van der Waals surface area contributed by atoms with Gasteiger partial charge in [-0.15, -0.1) is 0 Å². The van der Waals surface area contributed by atoms with Crippen molar-refractivity contribution in [2.24, 2.45) is 28.0 Å². The minimum Gasteiger partial charge on any atom is -0.393 e. The highest BCUT2D eigenvalue weighted by Gasteiger charge is 2.67. The number of hydrogen-bond donors (Lipinski definition) is 2. The summed E-state index contributed by atoms with van der Waals surface area (Å²) in [7, 11) is 0. The number of nitrogens with zero attached hydrogens (tertiary/aromatic N) is 3. The molecule has 3 N–H and O–H groups in total. The molecule has 164 valence electrons. The molecule has 4 atom stereocenters. The van der Waals surface area contributed by atoms with Gasteiger partial charge in [-0.1, -0.05) is 13.0 Å². The third kappa shape index (κ3) is 2.77. The summed E-state index contributed by atoms with van der Waals surface area (Å²) in [6, 6.07) is 7.69. The van der Waals surface area contributed by atoms with Crippen LogP contribution in [-0.2, 0) is 16.8 Å². The molecule has 1 aliphatic heterocycles. The van der Waals surface area contributed by atoms with E-state index in [9.17, 15) is 19.6 Å². The first-order chi connectivity index (χ1) is 14.6. The number of aliphatic imine (C=N–C) groups is 1. The zero-order valence-electron chi connectivity index (χ0n) is 18.1. The Kier molecular flexibility index (Phi) is 4.30. The minimum absolute atomic E-state index is 0.0347. The Bertz CT molecular complexity index is 1020. The summed E-state index contributed by atoms with van der Waals surface area (Å²) in [5.74, 6) is 0.130. The third-order valence-corrected chi connectivity index (χ3v) is 8.20. The van der Waals surface area contributed by atoms with E-state index in [-0.39, 0.29) is 23.7 Å². The van der Waals surface area contributed by atoms with Crippen molar-refractivity contribution < 1.29 is 14.3 Å². The van der Waals surface area contributed by atoms with Crippen molar-refractivity contribution in [1.82, 2.24) is 4.90 Å². The summed E-state index contributed by atoms with van der Waals surface area (Å²) in [5.41, 5.74) is 5.81. The first-order valence-electron chi connectivity index (χ1n) is 11.2. The molecular formula is C24H29FN4O2. The molecular weight excluding hydrogens is 395 g/mol. The van der Waals surface area contributed by atoms with Crippen LogP contribution >= 0.6 is 0 Å². The van der Waals surface area contributed by atoms with Crippen molar-refractivity contribution in [1.29, 1.82) is 5.26 Å². The first kappa shape index (κ1) is 20.4. The number of aliphatic hydroxyl groups is 1. The molecule has 6 nitrogen and oxygen atoms in total. The Morgan fingerprint density at radius 1 is 1.39 bits per heavy atom. The monoisotopic (exact) mass is 424 g/mol. The molecule has 7 heteroatoms. The number of guanidine groups is 1. The van der Waals surface area contributed by atoms with Crippen molar-refractivity contribution in [2.75, 3.05) is 6.54 Å². The van der Waals surface area contributed by atoms with Crippen molar-refractivity contribution in [3.05, 3.63) is 34.9 Å². The zero-order valence-corrected chi connectivity index (χ0v) is 18.1. The number of nitriles is 1. The largest absolute Gasteiger partial charge is 0.393 e. The highest BCUT2D eigenvalue weighted by atomic mass is 19.1. The van der Waals surface area contributed by atoms with E-state index < -0.39 is 22.7 Å². The Labute approximate surface area is 181 Å². The van der Waals surface area contributed by atoms with Gasteiger partial charge >= 0.3 is 0 Å². The maximum atomic E-state index is 14.1. The molecule has 1 amide bonds. The van der Waals surface area contributed by atoms with Gasteiger partial charge in [0.05, 0.1) is 17.7 Å². The highest BCUT2D eigenvalue weighted by Crippen LogP contribution is 2.62. The average molecular weight is 425 g/mol. The molecule has 0 bridgehead atoms. The average Bonchev–Trinajstić information content (AvgIpc) is 3.10. The lowest BCUT2D eigenvalue weighted by Gasteiger charge is -2.47. The molecule has 2 spiro atoms. The number of alkyl halides is 1. The normalized spacial score (nSPS) is 41.3. The van der Waals surface area contributed by atoms with Gasteiger partial charge in [-0.2, -0.15) is 5.26 Å². The quantitative estimate of drug-likeness (QED) is 0.762. The van der Waals surface area contributed by atoms with Crippen LogP contribution in [0.4, 0.5) is 4.39 Å². The van der Waals surface area contributed by atoms with E-state index in [4.69, 9.17) is 10.7 Å². The van der Waals surface area contributed by atoms with Gasteiger partial charge in [0, 0.05) is 12.0 Å². The second-order valence-electron chi connectivity index (χ2n) is 10.5. The van der Waals surface area contributed by atoms with Crippen LogP contribution in [0.3, 0.4) is 0 Å². The van der Waals surface area contributed by atoms with E-state index in [0.717, 1.165) is 11.1 Å². The van der Waals surface area contributed by atoms with Crippen LogP contribution in [0, 0.1) is 28.6 Å². The zero-order chi connectivity index (χ0) is 22.2. The smallest absolute Gasteiger partial charge is 0.262 e. The van der Waals surface area contributed by atoms with E-state index in [1.165, 1.54) is 0 Å². The van der Waals surface area contributed by atoms with Crippen LogP contribution in [0.5, 0.6) is 0 Å². The van der Waals surface area contributed by atoms with Gasteiger partial charge < -0.3 is 10.8 Å². The standard InChI is InChI=1S/C24H29FN4O2/c1-14-8-23(6-5-19(14)30)11-17-4-3-15(12-26)7-18(17)24(23)20(31)29(21(27)28-24)13-16-9-22(2,25)10-16/h3-4,7,14,16,19,30H,5-6,8-11,13H2,1-2H3,(H2,27,28)/t14-,16?,19-,22?,23-,24+/m0/s1. The van der Waals surface area contributed by atoms with Crippen LogP contribution < -0.4 is 5.73 Å². The van der Waals surface area contributed by atoms with E-state index in [2.05, 4.69) is 6.07 Å². The molecule has 4 aliphatic rings. The fraction of sp³-hybridized carbons (Fsp3) is 0.625. The fourth-order valence-corrected chi connectivity index (χ4v) is 6.78. The van der Waals surface area contributed by atoms with Gasteiger partial charge in [0.25, 0.3) is 5.91 Å².